The molecule has 0 aliphatic carbocycles. The third-order valence-electron chi connectivity index (χ3n) is 3.12. The first-order valence-corrected chi connectivity index (χ1v) is 7.83. The Balaban J connectivity index is 2.21. The fourth-order valence-electron chi connectivity index (χ4n) is 1.94. The average molecular weight is 294 g/mol. The van der Waals surface area contributed by atoms with Crippen LogP contribution in [0.3, 0.4) is 0 Å². The van der Waals surface area contributed by atoms with Crippen molar-refractivity contribution in [2.24, 2.45) is 5.14 Å². The van der Waals surface area contributed by atoms with Gasteiger partial charge in [0.15, 0.2) is 0 Å². The fourth-order valence-corrected chi connectivity index (χ4v) is 2.48. The van der Waals surface area contributed by atoms with Crippen molar-refractivity contribution in [1.82, 2.24) is 9.55 Å². The molecule has 0 saturated heterocycles. The van der Waals surface area contributed by atoms with Crippen LogP contribution >= 0.6 is 0 Å². The summed E-state index contributed by atoms with van der Waals surface area (Å²) in [6, 6.07) is 4.78. The molecular weight excluding hydrogens is 276 g/mol. The quantitative estimate of drug-likeness (QED) is 0.873. The summed E-state index contributed by atoms with van der Waals surface area (Å²) < 4.78 is 24.7. The minimum absolute atomic E-state index is 0.101. The van der Waals surface area contributed by atoms with Crippen molar-refractivity contribution >= 4 is 15.7 Å². The number of hydrogen-bond donors (Lipinski definition) is 2. The lowest BCUT2D eigenvalue weighted by molar-refractivity contribution is 0.598. The highest BCUT2D eigenvalue weighted by Crippen LogP contribution is 2.20. The minimum atomic E-state index is -3.69. The lowest BCUT2D eigenvalue weighted by Crippen LogP contribution is -2.13. The van der Waals surface area contributed by atoms with E-state index in [-0.39, 0.29) is 4.90 Å². The summed E-state index contributed by atoms with van der Waals surface area (Å²) in [7, 11) is -3.69. The van der Waals surface area contributed by atoms with Crippen LogP contribution in [-0.4, -0.2) is 18.0 Å². The SMILES string of the molecule is CCn1ccnc1CNc1cc(S(N)(=O)=O)ccc1C. The third-order valence-corrected chi connectivity index (χ3v) is 4.03. The molecule has 1 heterocycles. The summed E-state index contributed by atoms with van der Waals surface area (Å²) in [6.45, 7) is 5.31. The van der Waals surface area contributed by atoms with Gasteiger partial charge in [-0.05, 0) is 31.5 Å². The molecule has 0 bridgehead atoms. The lowest BCUT2D eigenvalue weighted by Gasteiger charge is -2.11. The van der Waals surface area contributed by atoms with Crippen LogP contribution in [0.5, 0.6) is 0 Å². The first-order chi connectivity index (χ1) is 9.41. The summed E-state index contributed by atoms with van der Waals surface area (Å²) >= 11 is 0. The monoisotopic (exact) mass is 294 g/mol. The predicted octanol–water partition coefficient (Wildman–Crippen LogP) is 1.47. The molecule has 0 saturated carbocycles. The Morgan fingerprint density at radius 2 is 2.15 bits per heavy atom. The van der Waals surface area contributed by atoms with Gasteiger partial charge < -0.3 is 9.88 Å². The van der Waals surface area contributed by atoms with Gasteiger partial charge in [0, 0.05) is 24.6 Å². The first-order valence-electron chi connectivity index (χ1n) is 6.29. The van der Waals surface area contributed by atoms with E-state index in [1.54, 1.807) is 18.3 Å². The van der Waals surface area contributed by atoms with Gasteiger partial charge >= 0.3 is 0 Å². The second-order valence-corrected chi connectivity index (χ2v) is 6.07. The zero-order valence-corrected chi connectivity index (χ0v) is 12.3. The molecule has 0 radical (unpaired) electrons. The molecule has 1 aromatic heterocycles. The molecule has 2 rings (SSSR count). The van der Waals surface area contributed by atoms with Crippen LogP contribution in [0.1, 0.15) is 18.3 Å². The number of aromatic nitrogens is 2. The molecule has 0 unspecified atom stereocenters. The van der Waals surface area contributed by atoms with Gasteiger partial charge in [0.25, 0.3) is 0 Å². The molecule has 108 valence electrons. The number of nitrogens with two attached hydrogens (primary N) is 1. The lowest BCUT2D eigenvalue weighted by atomic mass is 10.2. The molecule has 3 N–H and O–H groups in total. The number of aryl methyl sites for hydroxylation is 2. The van der Waals surface area contributed by atoms with Crippen LogP contribution in [0.2, 0.25) is 0 Å². The van der Waals surface area contributed by atoms with E-state index in [1.807, 2.05) is 24.6 Å². The van der Waals surface area contributed by atoms with Gasteiger partial charge in [0.2, 0.25) is 10.0 Å². The zero-order chi connectivity index (χ0) is 14.8. The molecule has 0 aliphatic rings. The number of benzene rings is 1. The second kappa shape index (κ2) is 5.64. The number of rotatable bonds is 5. The average Bonchev–Trinajstić information content (AvgIpc) is 2.83. The standard InChI is InChI=1S/C13H18N4O2S/c1-3-17-7-6-15-13(17)9-16-12-8-11(20(14,18)19)5-4-10(12)2/h4-8,16H,3,9H2,1-2H3,(H2,14,18,19). The maximum Gasteiger partial charge on any atom is 0.238 e. The zero-order valence-electron chi connectivity index (χ0n) is 11.5. The first kappa shape index (κ1) is 14.5. The number of nitrogens with one attached hydrogen (secondary N) is 1. The molecule has 0 fully saturated rings. The van der Waals surface area contributed by atoms with E-state index in [1.165, 1.54) is 6.07 Å². The third kappa shape index (κ3) is 3.17. The number of imidazole rings is 1. The highest BCUT2D eigenvalue weighted by molar-refractivity contribution is 7.89. The van der Waals surface area contributed by atoms with E-state index in [2.05, 4.69) is 10.3 Å². The van der Waals surface area contributed by atoms with Gasteiger partial charge in [-0.1, -0.05) is 6.07 Å². The molecule has 7 heteroatoms. The van der Waals surface area contributed by atoms with Crippen LogP contribution in [0.4, 0.5) is 5.69 Å². The van der Waals surface area contributed by atoms with E-state index in [0.29, 0.717) is 6.54 Å². The van der Waals surface area contributed by atoms with Crippen LogP contribution in [-0.2, 0) is 23.1 Å². The smallest absolute Gasteiger partial charge is 0.238 e. The van der Waals surface area contributed by atoms with Crippen molar-refractivity contribution < 1.29 is 8.42 Å². The van der Waals surface area contributed by atoms with E-state index in [4.69, 9.17) is 5.14 Å². The van der Waals surface area contributed by atoms with Crippen LogP contribution in [0, 0.1) is 6.92 Å². The van der Waals surface area contributed by atoms with E-state index >= 15 is 0 Å². The molecule has 0 aliphatic heterocycles. The Kier molecular flexibility index (Phi) is 4.10. The molecule has 20 heavy (non-hydrogen) atoms. The van der Waals surface area contributed by atoms with Gasteiger partial charge in [0.05, 0.1) is 11.4 Å². The van der Waals surface area contributed by atoms with E-state index < -0.39 is 10.0 Å². The second-order valence-electron chi connectivity index (χ2n) is 4.50. The Morgan fingerprint density at radius 1 is 1.40 bits per heavy atom. The van der Waals surface area contributed by atoms with Crippen molar-refractivity contribution in [3.05, 3.63) is 42.0 Å². The molecule has 0 atom stereocenters. The van der Waals surface area contributed by atoms with Crippen molar-refractivity contribution in [2.75, 3.05) is 5.32 Å². The maximum atomic E-state index is 11.4. The summed E-state index contributed by atoms with van der Waals surface area (Å²) in [4.78, 5) is 4.36. The molecule has 0 spiro atoms. The molecule has 2 aromatic rings. The Bertz CT molecular complexity index is 707. The summed E-state index contributed by atoms with van der Waals surface area (Å²) in [6.07, 6.45) is 3.65. The normalized spacial score (nSPS) is 11.6. The highest BCUT2D eigenvalue weighted by Gasteiger charge is 2.10. The van der Waals surface area contributed by atoms with Gasteiger partial charge in [0.1, 0.15) is 5.82 Å². The number of hydrogen-bond acceptors (Lipinski definition) is 4. The predicted molar refractivity (Wildman–Crippen MR) is 77.8 cm³/mol. The van der Waals surface area contributed by atoms with Crippen molar-refractivity contribution in [3.8, 4) is 0 Å². The molecule has 1 aromatic carbocycles. The molecule has 6 nitrogen and oxygen atoms in total. The molecule has 0 amide bonds. The van der Waals surface area contributed by atoms with Crippen LogP contribution in [0.25, 0.3) is 0 Å². The topological polar surface area (TPSA) is 90.0 Å². The Morgan fingerprint density at radius 3 is 2.80 bits per heavy atom. The van der Waals surface area contributed by atoms with Gasteiger partial charge in [-0.25, -0.2) is 18.5 Å². The van der Waals surface area contributed by atoms with Gasteiger partial charge in [-0.15, -0.1) is 0 Å². The van der Waals surface area contributed by atoms with Crippen molar-refractivity contribution in [1.29, 1.82) is 0 Å². The summed E-state index contributed by atoms with van der Waals surface area (Å²) in [5, 5.41) is 8.34. The number of primary sulfonamides is 1. The van der Waals surface area contributed by atoms with Crippen LogP contribution < -0.4 is 10.5 Å². The maximum absolute atomic E-state index is 11.4. The van der Waals surface area contributed by atoms with Gasteiger partial charge in [-0.2, -0.15) is 0 Å². The largest absolute Gasteiger partial charge is 0.378 e. The number of sulfonamides is 1. The van der Waals surface area contributed by atoms with Crippen molar-refractivity contribution in [3.63, 3.8) is 0 Å². The molecular formula is C13H18N4O2S. The Labute approximate surface area is 118 Å². The Hall–Kier alpha value is -1.86. The highest BCUT2D eigenvalue weighted by atomic mass is 32.2. The minimum Gasteiger partial charge on any atom is -0.378 e. The fraction of sp³-hybridized carbons (Fsp3) is 0.308. The summed E-state index contributed by atoms with van der Waals surface area (Å²) in [5.74, 6) is 0.896. The van der Waals surface area contributed by atoms with Crippen molar-refractivity contribution in [2.45, 2.75) is 31.8 Å². The number of anilines is 1. The van der Waals surface area contributed by atoms with E-state index in [9.17, 15) is 8.42 Å². The van der Waals surface area contributed by atoms with Gasteiger partial charge in [-0.3, -0.25) is 0 Å². The van der Waals surface area contributed by atoms with Crippen LogP contribution in [0.15, 0.2) is 35.5 Å². The number of nitrogens with zero attached hydrogens (tertiary/aromatic N) is 2. The summed E-state index contributed by atoms with van der Waals surface area (Å²) in [5.41, 5.74) is 1.69. The van der Waals surface area contributed by atoms with E-state index in [0.717, 1.165) is 23.6 Å².